The van der Waals surface area contributed by atoms with Crippen LogP contribution in [0.5, 0.6) is 5.75 Å². The van der Waals surface area contributed by atoms with Crippen LogP contribution in [0, 0.1) is 0 Å². The molecule has 1 amide bonds. The molecule has 0 aliphatic heterocycles. The van der Waals surface area contributed by atoms with Crippen molar-refractivity contribution < 1.29 is 17.9 Å². The molecule has 0 spiro atoms. The molecule has 0 fully saturated rings. The van der Waals surface area contributed by atoms with Gasteiger partial charge >= 0.3 is 6.03 Å². The molecule has 0 atom stereocenters. The molecule has 2 aromatic heterocycles. The molecule has 0 aliphatic carbocycles. The Hall–Kier alpha value is -3.21. The summed E-state index contributed by atoms with van der Waals surface area (Å²) >= 11 is 9.37. The Labute approximate surface area is 203 Å². The first-order valence-corrected chi connectivity index (χ1v) is 12.1. The van der Waals surface area contributed by atoms with Crippen LogP contribution in [0.1, 0.15) is 0 Å². The van der Waals surface area contributed by atoms with Gasteiger partial charge in [0, 0.05) is 34.2 Å². The quantitative estimate of drug-likeness (QED) is 0.378. The van der Waals surface area contributed by atoms with Crippen molar-refractivity contribution in [1.29, 1.82) is 0 Å². The molecule has 0 saturated carbocycles. The molecule has 4 rings (SSSR count). The summed E-state index contributed by atoms with van der Waals surface area (Å²) in [6, 6.07) is 13.7. The average Bonchev–Trinajstić information content (AvgIpc) is 3.25. The number of carbonyl (C=O) groups excluding carboxylic acids is 1. The van der Waals surface area contributed by atoms with E-state index in [4.69, 9.17) is 16.3 Å². The lowest BCUT2D eigenvalue weighted by molar-refractivity contribution is 0.244. The molecule has 4 aromatic rings. The third-order valence-corrected chi connectivity index (χ3v) is 6.79. The molecule has 0 aliphatic rings. The zero-order valence-corrected chi connectivity index (χ0v) is 20.2. The zero-order valence-electron chi connectivity index (χ0n) is 17.1. The van der Waals surface area contributed by atoms with Gasteiger partial charge in [0.25, 0.3) is 10.0 Å². The number of hydrogen-bond donors (Lipinski definition) is 1. The van der Waals surface area contributed by atoms with Crippen molar-refractivity contribution in [3.8, 4) is 28.1 Å². The molecular weight excluding hydrogens is 532 g/mol. The van der Waals surface area contributed by atoms with Crippen LogP contribution in [0.2, 0.25) is 5.02 Å². The molecular formula is C22H16BrClN4O4S. The summed E-state index contributed by atoms with van der Waals surface area (Å²) in [6.07, 6.45) is 4.67. The highest BCUT2D eigenvalue weighted by molar-refractivity contribution is 9.10. The van der Waals surface area contributed by atoms with Crippen molar-refractivity contribution >= 4 is 43.6 Å². The van der Waals surface area contributed by atoms with Gasteiger partial charge in [0.05, 0.1) is 17.0 Å². The van der Waals surface area contributed by atoms with E-state index in [2.05, 4.69) is 26.0 Å². The molecule has 0 radical (unpaired) electrons. The maximum Gasteiger partial charge on any atom is 0.355 e. The van der Waals surface area contributed by atoms with Gasteiger partial charge in [0.2, 0.25) is 0 Å². The van der Waals surface area contributed by atoms with Crippen LogP contribution in [0.4, 0.5) is 4.79 Å². The Morgan fingerprint density at radius 2 is 1.85 bits per heavy atom. The van der Waals surface area contributed by atoms with Gasteiger partial charge in [-0.2, -0.15) is 9.78 Å². The highest BCUT2D eigenvalue weighted by Crippen LogP contribution is 2.35. The van der Waals surface area contributed by atoms with Gasteiger partial charge in [-0.15, -0.1) is 0 Å². The number of amides is 1. The lowest BCUT2D eigenvalue weighted by Gasteiger charge is -2.07. The van der Waals surface area contributed by atoms with E-state index in [9.17, 15) is 13.2 Å². The molecule has 8 nitrogen and oxygen atoms in total. The molecule has 0 saturated heterocycles. The van der Waals surface area contributed by atoms with E-state index in [1.54, 1.807) is 54.9 Å². The second-order valence-electron chi connectivity index (χ2n) is 6.79. The molecule has 168 valence electrons. The monoisotopic (exact) mass is 546 g/mol. The summed E-state index contributed by atoms with van der Waals surface area (Å²) in [5.41, 5.74) is 2.40. The molecule has 0 bridgehead atoms. The highest BCUT2D eigenvalue weighted by Gasteiger charge is 2.22. The number of halogens is 2. The fraction of sp³-hybridized carbons (Fsp3) is 0.0455. The van der Waals surface area contributed by atoms with Crippen molar-refractivity contribution in [1.82, 2.24) is 19.5 Å². The Bertz CT molecular complexity index is 1440. The number of carbonyl (C=O) groups is 1. The van der Waals surface area contributed by atoms with E-state index < -0.39 is 16.1 Å². The fourth-order valence-corrected chi connectivity index (χ4v) is 4.82. The summed E-state index contributed by atoms with van der Waals surface area (Å²) in [6.45, 7) is 0. The Morgan fingerprint density at radius 3 is 2.55 bits per heavy atom. The van der Waals surface area contributed by atoms with Gasteiger partial charge < -0.3 is 4.74 Å². The second kappa shape index (κ2) is 9.34. The predicted molar refractivity (Wildman–Crippen MR) is 128 cm³/mol. The van der Waals surface area contributed by atoms with Crippen LogP contribution in [-0.4, -0.2) is 36.3 Å². The zero-order chi connectivity index (χ0) is 23.6. The SMILES string of the molecule is COc1cc(-c2nn(C(=O)NS(=O)(=O)c3cccc(Br)c3)cc2-c2ccncc2)ccc1Cl. The number of sulfonamides is 1. The van der Waals surface area contributed by atoms with E-state index in [0.717, 1.165) is 10.2 Å². The number of benzene rings is 2. The van der Waals surface area contributed by atoms with Gasteiger partial charge in [-0.1, -0.05) is 39.7 Å². The topological polar surface area (TPSA) is 103 Å². The lowest BCUT2D eigenvalue weighted by atomic mass is 10.0. The van der Waals surface area contributed by atoms with Crippen LogP contribution in [-0.2, 0) is 10.0 Å². The maximum absolute atomic E-state index is 12.9. The molecule has 2 aromatic carbocycles. The summed E-state index contributed by atoms with van der Waals surface area (Å²) in [4.78, 5) is 16.8. The van der Waals surface area contributed by atoms with Crippen LogP contribution in [0.25, 0.3) is 22.4 Å². The summed E-state index contributed by atoms with van der Waals surface area (Å²) in [7, 11) is -2.62. The molecule has 11 heteroatoms. The van der Waals surface area contributed by atoms with E-state index in [1.807, 2.05) is 4.72 Å². The molecule has 0 unspecified atom stereocenters. The van der Waals surface area contributed by atoms with Crippen molar-refractivity contribution in [2.24, 2.45) is 0 Å². The van der Waals surface area contributed by atoms with Crippen molar-refractivity contribution in [2.75, 3.05) is 7.11 Å². The number of methoxy groups -OCH3 is 1. The minimum absolute atomic E-state index is 0.0607. The molecule has 33 heavy (non-hydrogen) atoms. The molecule has 2 heterocycles. The highest BCUT2D eigenvalue weighted by atomic mass is 79.9. The Balaban J connectivity index is 1.76. The smallest absolute Gasteiger partial charge is 0.355 e. The van der Waals surface area contributed by atoms with Gasteiger partial charge in [0.15, 0.2) is 0 Å². The number of nitrogens with zero attached hydrogens (tertiary/aromatic N) is 3. The third kappa shape index (κ3) is 4.92. The first kappa shape index (κ1) is 23.0. The Kier molecular flexibility index (Phi) is 6.50. The lowest BCUT2D eigenvalue weighted by Crippen LogP contribution is -2.34. The standard InChI is InChI=1S/C22H16BrClN4O4S/c1-32-20-11-15(5-6-19(20)24)21-18(14-7-9-25-10-8-14)13-28(26-21)22(29)27-33(30,31)17-4-2-3-16(23)12-17/h2-13H,1H3,(H,27,29). The number of rotatable bonds is 5. The summed E-state index contributed by atoms with van der Waals surface area (Å²) in [5.74, 6) is 0.436. The number of ether oxygens (including phenoxy) is 1. The molecule has 1 N–H and O–H groups in total. The summed E-state index contributed by atoms with van der Waals surface area (Å²) in [5, 5.41) is 4.79. The first-order valence-electron chi connectivity index (χ1n) is 9.45. The van der Waals surface area contributed by atoms with Crippen LogP contribution >= 0.6 is 27.5 Å². The van der Waals surface area contributed by atoms with Gasteiger partial charge in [-0.25, -0.2) is 17.9 Å². The predicted octanol–water partition coefficient (Wildman–Crippen LogP) is 4.98. The minimum Gasteiger partial charge on any atom is -0.495 e. The van der Waals surface area contributed by atoms with Crippen LogP contribution in [0.15, 0.2) is 82.6 Å². The minimum atomic E-state index is -4.12. The van der Waals surface area contributed by atoms with Crippen LogP contribution in [0.3, 0.4) is 0 Å². The summed E-state index contributed by atoms with van der Waals surface area (Å²) < 4.78 is 34.2. The van der Waals surface area contributed by atoms with Gasteiger partial charge in [-0.3, -0.25) is 4.98 Å². The van der Waals surface area contributed by atoms with Crippen molar-refractivity contribution in [3.63, 3.8) is 0 Å². The van der Waals surface area contributed by atoms with Crippen molar-refractivity contribution in [2.45, 2.75) is 4.90 Å². The Morgan fingerprint density at radius 1 is 1.09 bits per heavy atom. The van der Waals surface area contributed by atoms with Crippen LogP contribution < -0.4 is 9.46 Å². The average molecular weight is 548 g/mol. The van der Waals surface area contributed by atoms with E-state index in [0.29, 0.717) is 32.1 Å². The number of aromatic nitrogens is 3. The van der Waals surface area contributed by atoms with E-state index >= 15 is 0 Å². The van der Waals surface area contributed by atoms with E-state index in [1.165, 1.54) is 25.4 Å². The second-order valence-corrected chi connectivity index (χ2v) is 9.79. The maximum atomic E-state index is 12.9. The largest absolute Gasteiger partial charge is 0.495 e. The van der Waals surface area contributed by atoms with Gasteiger partial charge in [0.1, 0.15) is 11.4 Å². The van der Waals surface area contributed by atoms with E-state index in [-0.39, 0.29) is 4.90 Å². The number of pyridine rings is 1. The third-order valence-electron chi connectivity index (χ3n) is 4.67. The fourth-order valence-electron chi connectivity index (χ4n) is 3.10. The van der Waals surface area contributed by atoms with Crippen molar-refractivity contribution in [3.05, 3.63) is 82.7 Å². The van der Waals surface area contributed by atoms with Gasteiger partial charge in [-0.05, 0) is 48.0 Å². The number of hydrogen-bond acceptors (Lipinski definition) is 6. The number of nitrogens with one attached hydrogen (secondary N) is 1. The first-order chi connectivity index (χ1) is 15.8. The normalized spacial score (nSPS) is 11.2.